The molecule has 1 rings (SSSR count). The minimum atomic E-state index is -0.410. The van der Waals surface area contributed by atoms with Crippen LogP contribution in [-0.4, -0.2) is 25.3 Å². The van der Waals surface area contributed by atoms with Crippen LogP contribution in [0.4, 0.5) is 16.2 Å². The topological polar surface area (TPSA) is 76.4 Å². The van der Waals surface area contributed by atoms with Crippen LogP contribution in [0, 0.1) is 0 Å². The van der Waals surface area contributed by atoms with E-state index in [0.29, 0.717) is 18.0 Å². The van der Waals surface area contributed by atoms with Crippen molar-refractivity contribution >= 4 is 17.4 Å². The summed E-state index contributed by atoms with van der Waals surface area (Å²) in [6, 6.07) is 6.69. The molecule has 0 spiro atoms. The van der Waals surface area contributed by atoms with Gasteiger partial charge in [-0.3, -0.25) is 0 Å². The highest BCUT2D eigenvalue weighted by atomic mass is 16.5. The van der Waals surface area contributed by atoms with Gasteiger partial charge in [0, 0.05) is 18.5 Å². The molecule has 0 fully saturated rings. The largest absolute Gasteiger partial charge is 0.399 e. The molecule has 0 saturated heterocycles. The predicted molar refractivity (Wildman–Crippen MR) is 69.0 cm³/mol. The maximum atomic E-state index is 11.7. The normalized spacial score (nSPS) is 11.0. The van der Waals surface area contributed by atoms with Crippen LogP contribution >= 0.6 is 0 Å². The summed E-state index contributed by atoms with van der Waals surface area (Å²) in [6.07, 6.45) is 0. The third-order valence-electron chi connectivity index (χ3n) is 2.13. The molecule has 1 aromatic rings. The number of nitrogens with two attached hydrogens (primary N) is 1. The Bertz CT molecular complexity index is 374. The SMILES string of the molecule is COCC(C)(C)NC(=O)Nc1ccc(N)cc1. The number of benzene rings is 1. The van der Waals surface area contributed by atoms with Crippen LogP contribution in [0.1, 0.15) is 13.8 Å². The van der Waals surface area contributed by atoms with Gasteiger partial charge >= 0.3 is 6.03 Å². The highest BCUT2D eigenvalue weighted by Crippen LogP contribution is 2.11. The number of urea groups is 1. The van der Waals surface area contributed by atoms with E-state index in [1.54, 1.807) is 31.4 Å². The van der Waals surface area contributed by atoms with Crippen molar-refractivity contribution in [2.75, 3.05) is 24.8 Å². The van der Waals surface area contributed by atoms with Crippen LogP contribution in [0.3, 0.4) is 0 Å². The average Bonchev–Trinajstić information content (AvgIpc) is 2.20. The molecular formula is C12H19N3O2. The summed E-state index contributed by atoms with van der Waals surface area (Å²) >= 11 is 0. The molecule has 5 nitrogen and oxygen atoms in total. The predicted octanol–water partition coefficient (Wildman–Crippen LogP) is 1.82. The van der Waals surface area contributed by atoms with E-state index in [4.69, 9.17) is 10.5 Å². The molecular weight excluding hydrogens is 218 g/mol. The van der Waals surface area contributed by atoms with Crippen molar-refractivity contribution in [2.24, 2.45) is 0 Å². The van der Waals surface area contributed by atoms with Crippen LogP contribution in [0.5, 0.6) is 0 Å². The van der Waals surface area contributed by atoms with Crippen LogP contribution < -0.4 is 16.4 Å². The van der Waals surface area contributed by atoms with Crippen molar-refractivity contribution in [3.8, 4) is 0 Å². The molecule has 0 aromatic heterocycles. The molecule has 2 amide bonds. The van der Waals surface area contributed by atoms with Crippen molar-refractivity contribution in [3.63, 3.8) is 0 Å². The Labute approximate surface area is 101 Å². The van der Waals surface area contributed by atoms with Gasteiger partial charge in [0.2, 0.25) is 0 Å². The molecule has 0 aliphatic carbocycles. The molecule has 5 heteroatoms. The van der Waals surface area contributed by atoms with Crippen molar-refractivity contribution in [1.82, 2.24) is 5.32 Å². The third kappa shape index (κ3) is 4.74. The van der Waals surface area contributed by atoms with E-state index in [1.807, 2.05) is 13.8 Å². The van der Waals surface area contributed by atoms with E-state index in [9.17, 15) is 4.79 Å². The number of carbonyl (C=O) groups excluding carboxylic acids is 1. The Morgan fingerprint density at radius 1 is 1.35 bits per heavy atom. The zero-order valence-corrected chi connectivity index (χ0v) is 10.4. The first-order valence-corrected chi connectivity index (χ1v) is 5.36. The summed E-state index contributed by atoms with van der Waals surface area (Å²) in [6.45, 7) is 4.22. The summed E-state index contributed by atoms with van der Waals surface area (Å²) in [5.74, 6) is 0. The number of nitrogen functional groups attached to an aromatic ring is 1. The summed E-state index contributed by atoms with van der Waals surface area (Å²) in [7, 11) is 1.60. The zero-order valence-electron chi connectivity index (χ0n) is 10.4. The summed E-state index contributed by atoms with van der Waals surface area (Å²) in [5.41, 5.74) is 6.51. The Balaban J connectivity index is 2.52. The Morgan fingerprint density at radius 3 is 2.47 bits per heavy atom. The van der Waals surface area contributed by atoms with Gasteiger partial charge < -0.3 is 21.1 Å². The van der Waals surface area contributed by atoms with Gasteiger partial charge in [-0.1, -0.05) is 0 Å². The summed E-state index contributed by atoms with van der Waals surface area (Å²) in [4.78, 5) is 11.7. The second kappa shape index (κ2) is 5.54. The molecule has 94 valence electrons. The van der Waals surface area contributed by atoms with E-state index in [1.165, 1.54) is 0 Å². The fourth-order valence-corrected chi connectivity index (χ4v) is 1.43. The molecule has 4 N–H and O–H groups in total. The number of nitrogens with one attached hydrogen (secondary N) is 2. The smallest absolute Gasteiger partial charge is 0.319 e. The Morgan fingerprint density at radius 2 is 1.94 bits per heavy atom. The number of rotatable bonds is 4. The monoisotopic (exact) mass is 237 g/mol. The second-order valence-electron chi connectivity index (χ2n) is 4.52. The molecule has 0 heterocycles. The molecule has 17 heavy (non-hydrogen) atoms. The second-order valence-corrected chi connectivity index (χ2v) is 4.52. The zero-order chi connectivity index (χ0) is 12.9. The van der Waals surface area contributed by atoms with E-state index in [2.05, 4.69) is 10.6 Å². The average molecular weight is 237 g/mol. The first-order valence-electron chi connectivity index (χ1n) is 5.36. The molecule has 0 aliphatic heterocycles. The number of anilines is 2. The van der Waals surface area contributed by atoms with Gasteiger partial charge in [0.25, 0.3) is 0 Å². The highest BCUT2D eigenvalue weighted by Gasteiger charge is 2.19. The van der Waals surface area contributed by atoms with E-state index in [-0.39, 0.29) is 6.03 Å². The summed E-state index contributed by atoms with van der Waals surface area (Å²) < 4.78 is 5.01. The third-order valence-corrected chi connectivity index (χ3v) is 2.13. The first-order chi connectivity index (χ1) is 7.93. The van der Waals surface area contributed by atoms with Crippen molar-refractivity contribution in [3.05, 3.63) is 24.3 Å². The fourth-order valence-electron chi connectivity index (χ4n) is 1.43. The van der Waals surface area contributed by atoms with E-state index >= 15 is 0 Å². The number of carbonyl (C=O) groups is 1. The molecule has 0 aliphatic rings. The standard InChI is InChI=1S/C12H19N3O2/c1-12(2,8-17-3)15-11(16)14-10-6-4-9(13)5-7-10/h4-7H,8,13H2,1-3H3,(H2,14,15,16). The molecule has 0 unspecified atom stereocenters. The molecule has 0 atom stereocenters. The highest BCUT2D eigenvalue weighted by molar-refractivity contribution is 5.89. The number of ether oxygens (including phenoxy) is 1. The maximum absolute atomic E-state index is 11.7. The van der Waals surface area contributed by atoms with Crippen LogP contribution in [-0.2, 0) is 4.74 Å². The molecule has 0 saturated carbocycles. The Hall–Kier alpha value is -1.75. The quantitative estimate of drug-likeness (QED) is 0.699. The minimum absolute atomic E-state index is 0.267. The molecule has 0 bridgehead atoms. The van der Waals surface area contributed by atoms with E-state index in [0.717, 1.165) is 0 Å². The lowest BCUT2D eigenvalue weighted by molar-refractivity contribution is 0.133. The fraction of sp³-hybridized carbons (Fsp3) is 0.417. The Kier molecular flexibility index (Phi) is 4.34. The van der Waals surface area contributed by atoms with Crippen molar-refractivity contribution in [2.45, 2.75) is 19.4 Å². The van der Waals surface area contributed by atoms with Gasteiger partial charge in [0.05, 0.1) is 12.1 Å². The van der Waals surface area contributed by atoms with Gasteiger partial charge in [-0.15, -0.1) is 0 Å². The lowest BCUT2D eigenvalue weighted by Crippen LogP contribution is -2.48. The van der Waals surface area contributed by atoms with Gasteiger partial charge in [-0.05, 0) is 38.1 Å². The minimum Gasteiger partial charge on any atom is -0.399 e. The first kappa shape index (κ1) is 13.3. The van der Waals surface area contributed by atoms with Gasteiger partial charge in [-0.2, -0.15) is 0 Å². The molecule has 0 radical (unpaired) electrons. The molecule has 1 aromatic carbocycles. The lowest BCUT2D eigenvalue weighted by atomic mass is 10.1. The van der Waals surface area contributed by atoms with Gasteiger partial charge in [0.15, 0.2) is 0 Å². The lowest BCUT2D eigenvalue weighted by Gasteiger charge is -2.25. The van der Waals surface area contributed by atoms with Gasteiger partial charge in [-0.25, -0.2) is 4.79 Å². The van der Waals surface area contributed by atoms with Crippen LogP contribution in [0.2, 0.25) is 0 Å². The number of methoxy groups -OCH3 is 1. The van der Waals surface area contributed by atoms with Crippen molar-refractivity contribution in [1.29, 1.82) is 0 Å². The van der Waals surface area contributed by atoms with Crippen LogP contribution in [0.15, 0.2) is 24.3 Å². The number of hydrogen-bond acceptors (Lipinski definition) is 3. The van der Waals surface area contributed by atoms with Crippen LogP contribution in [0.25, 0.3) is 0 Å². The van der Waals surface area contributed by atoms with Crippen molar-refractivity contribution < 1.29 is 9.53 Å². The maximum Gasteiger partial charge on any atom is 0.319 e. The van der Waals surface area contributed by atoms with E-state index < -0.39 is 5.54 Å². The number of amides is 2. The van der Waals surface area contributed by atoms with Gasteiger partial charge in [0.1, 0.15) is 0 Å². The summed E-state index contributed by atoms with van der Waals surface area (Å²) in [5, 5.41) is 5.54. The number of hydrogen-bond donors (Lipinski definition) is 3.